The highest BCUT2D eigenvalue weighted by atomic mass is 16.6. The summed E-state index contributed by atoms with van der Waals surface area (Å²) < 4.78 is 0. The van der Waals surface area contributed by atoms with Gasteiger partial charge in [-0.15, -0.1) is 6.58 Å². The van der Waals surface area contributed by atoms with Crippen molar-refractivity contribution in [2.75, 3.05) is 0 Å². The van der Waals surface area contributed by atoms with Crippen molar-refractivity contribution < 1.29 is 19.9 Å². The number of nitro groups is 3. The summed E-state index contributed by atoms with van der Waals surface area (Å²) in [4.78, 5) is 27.8. The monoisotopic (exact) mass is 470 g/mol. The standard InChI is InChI=1S/C17H23N.C6H3N3O7/c1-11(2)9-14-16-13-8-6-5-7-12(13)15(18-14)10-17(16,3)4;10-6-4(8(13)14)1-3(7(11)12)2-5(6)9(15)16/h5-8,14-16,18H,1,9-10H2,2-4H3;1-2,10H. The van der Waals surface area contributed by atoms with Crippen LogP contribution in [0.15, 0.2) is 48.6 Å². The fourth-order valence-corrected chi connectivity index (χ4v) is 5.09. The number of hydrogen-bond acceptors (Lipinski definition) is 8. The molecule has 180 valence electrons. The van der Waals surface area contributed by atoms with Gasteiger partial charge in [-0.05, 0) is 36.3 Å². The second-order valence-electron chi connectivity index (χ2n) is 9.39. The molecule has 2 N–H and O–H groups in total. The number of phenols is 1. The molecule has 11 nitrogen and oxygen atoms in total. The van der Waals surface area contributed by atoms with Crippen LogP contribution in [0, 0.1) is 35.8 Å². The predicted molar refractivity (Wildman–Crippen MR) is 125 cm³/mol. The average Bonchev–Trinajstić information content (AvgIpc) is 2.72. The third-order valence-electron chi connectivity index (χ3n) is 6.32. The van der Waals surface area contributed by atoms with E-state index >= 15 is 0 Å². The molecule has 2 aliphatic heterocycles. The van der Waals surface area contributed by atoms with Gasteiger partial charge in [-0.25, -0.2) is 0 Å². The minimum absolute atomic E-state index is 0.393. The molecular formula is C23H26N4O7. The van der Waals surface area contributed by atoms with Crippen LogP contribution in [0.25, 0.3) is 0 Å². The smallest absolute Gasteiger partial charge is 0.324 e. The number of benzene rings is 2. The number of non-ortho nitro benzene ring substituents is 1. The van der Waals surface area contributed by atoms with E-state index < -0.39 is 37.6 Å². The van der Waals surface area contributed by atoms with Crippen LogP contribution < -0.4 is 5.32 Å². The first-order chi connectivity index (χ1) is 15.8. The molecule has 34 heavy (non-hydrogen) atoms. The molecule has 3 unspecified atom stereocenters. The Morgan fingerprint density at radius 3 is 2.06 bits per heavy atom. The molecule has 5 rings (SSSR count). The van der Waals surface area contributed by atoms with Gasteiger partial charge >= 0.3 is 11.4 Å². The maximum Gasteiger partial charge on any atom is 0.324 e. The first-order valence-corrected chi connectivity index (χ1v) is 10.6. The number of aromatic hydroxyl groups is 1. The van der Waals surface area contributed by atoms with Crippen LogP contribution in [-0.2, 0) is 0 Å². The Balaban J connectivity index is 0.000000192. The van der Waals surface area contributed by atoms with E-state index in [4.69, 9.17) is 5.11 Å². The lowest BCUT2D eigenvalue weighted by molar-refractivity contribution is -0.404. The summed E-state index contributed by atoms with van der Waals surface area (Å²) in [5.41, 5.74) is 1.78. The third-order valence-corrected chi connectivity index (χ3v) is 6.32. The number of nitrogens with zero attached hydrogens (tertiary/aromatic N) is 3. The Bertz CT molecular complexity index is 1140. The molecular weight excluding hydrogens is 444 g/mol. The highest BCUT2D eigenvalue weighted by Gasteiger charge is 2.49. The van der Waals surface area contributed by atoms with Crippen LogP contribution in [0.3, 0.4) is 0 Å². The van der Waals surface area contributed by atoms with E-state index in [1.54, 1.807) is 5.56 Å². The first-order valence-electron chi connectivity index (χ1n) is 10.6. The van der Waals surface area contributed by atoms with Crippen LogP contribution in [-0.4, -0.2) is 25.9 Å². The van der Waals surface area contributed by atoms with Crippen molar-refractivity contribution in [3.8, 4) is 5.75 Å². The first kappa shape index (κ1) is 24.8. The number of hydrogen-bond donors (Lipinski definition) is 2. The van der Waals surface area contributed by atoms with Crippen molar-refractivity contribution in [3.05, 3.63) is 90.0 Å². The Kier molecular flexibility index (Phi) is 6.69. The van der Waals surface area contributed by atoms with Crippen molar-refractivity contribution in [1.29, 1.82) is 0 Å². The Morgan fingerprint density at radius 1 is 1.06 bits per heavy atom. The highest BCUT2D eigenvalue weighted by molar-refractivity contribution is 5.64. The molecule has 11 heteroatoms. The molecule has 1 saturated heterocycles. The van der Waals surface area contributed by atoms with Gasteiger partial charge < -0.3 is 10.4 Å². The Hall–Kier alpha value is -3.86. The van der Waals surface area contributed by atoms with E-state index in [0.717, 1.165) is 6.42 Å². The van der Waals surface area contributed by atoms with Gasteiger partial charge in [0, 0.05) is 18.0 Å². The molecule has 0 aromatic heterocycles. The van der Waals surface area contributed by atoms with Crippen molar-refractivity contribution in [2.24, 2.45) is 5.41 Å². The van der Waals surface area contributed by atoms with Gasteiger partial charge in [-0.3, -0.25) is 30.3 Å². The predicted octanol–water partition coefficient (Wildman–Crippen LogP) is 5.30. The van der Waals surface area contributed by atoms with Crippen LogP contribution in [0.5, 0.6) is 5.75 Å². The largest absolute Gasteiger partial charge is 0.497 e. The molecule has 0 spiro atoms. The number of nitro benzene ring substituents is 3. The summed E-state index contributed by atoms with van der Waals surface area (Å²) in [6.45, 7) is 11.1. The summed E-state index contributed by atoms with van der Waals surface area (Å²) in [5.74, 6) is -0.587. The molecule has 0 saturated carbocycles. The quantitative estimate of drug-likeness (QED) is 0.338. The topological polar surface area (TPSA) is 162 Å². The molecule has 3 atom stereocenters. The summed E-state index contributed by atoms with van der Waals surface area (Å²) in [6, 6.07) is 11.0. The molecule has 3 aliphatic rings. The van der Waals surface area contributed by atoms with E-state index in [9.17, 15) is 30.3 Å². The van der Waals surface area contributed by atoms with E-state index in [0.29, 0.717) is 35.5 Å². The van der Waals surface area contributed by atoms with Gasteiger partial charge in [-0.2, -0.15) is 0 Å². The van der Waals surface area contributed by atoms with Crippen LogP contribution in [0.1, 0.15) is 56.7 Å². The fourth-order valence-electron chi connectivity index (χ4n) is 5.09. The van der Waals surface area contributed by atoms with E-state index in [2.05, 4.69) is 56.9 Å². The molecule has 2 aromatic rings. The summed E-state index contributed by atoms with van der Waals surface area (Å²) in [7, 11) is 0. The minimum atomic E-state index is -1.21. The fraction of sp³-hybridized carbons (Fsp3) is 0.391. The van der Waals surface area contributed by atoms with E-state index in [1.807, 2.05) is 0 Å². The number of rotatable bonds is 5. The second kappa shape index (κ2) is 9.18. The number of nitrogens with one attached hydrogen (secondary N) is 1. The van der Waals surface area contributed by atoms with Gasteiger partial charge in [0.05, 0.1) is 26.9 Å². The Labute approximate surface area is 195 Å². The number of phenolic OH excluding ortho intramolecular Hbond substituents is 1. The average molecular weight is 470 g/mol. The van der Waals surface area contributed by atoms with Crippen LogP contribution in [0.2, 0.25) is 0 Å². The number of fused-ring (bicyclic) bond motifs is 2. The molecule has 0 amide bonds. The Morgan fingerprint density at radius 2 is 1.59 bits per heavy atom. The molecule has 1 aliphatic carbocycles. The molecule has 2 bridgehead atoms. The zero-order chi connectivity index (χ0) is 25.4. The van der Waals surface area contributed by atoms with E-state index in [-0.39, 0.29) is 0 Å². The second-order valence-corrected chi connectivity index (χ2v) is 9.39. The van der Waals surface area contributed by atoms with Gasteiger partial charge in [-0.1, -0.05) is 43.7 Å². The van der Waals surface area contributed by atoms with Gasteiger partial charge in [0.2, 0.25) is 0 Å². The van der Waals surface area contributed by atoms with Crippen LogP contribution >= 0.6 is 0 Å². The number of piperidine rings is 1. The minimum Gasteiger partial charge on any atom is -0.497 e. The summed E-state index contributed by atoms with van der Waals surface area (Å²) >= 11 is 0. The van der Waals surface area contributed by atoms with Crippen LogP contribution in [0.4, 0.5) is 17.1 Å². The summed E-state index contributed by atoms with van der Waals surface area (Å²) in [6.07, 6.45) is 2.35. The van der Waals surface area contributed by atoms with E-state index in [1.165, 1.54) is 17.6 Å². The van der Waals surface area contributed by atoms with Crippen molar-refractivity contribution in [2.45, 2.75) is 51.6 Å². The van der Waals surface area contributed by atoms with Gasteiger partial charge in [0.25, 0.3) is 11.4 Å². The normalized spacial score (nSPS) is 21.6. The maximum absolute atomic E-state index is 10.4. The zero-order valence-corrected chi connectivity index (χ0v) is 19.1. The lowest BCUT2D eigenvalue weighted by atomic mass is 9.58. The lowest BCUT2D eigenvalue weighted by Gasteiger charge is -2.54. The molecule has 1 fully saturated rings. The van der Waals surface area contributed by atoms with Crippen molar-refractivity contribution >= 4 is 17.1 Å². The van der Waals surface area contributed by atoms with Crippen molar-refractivity contribution in [1.82, 2.24) is 5.32 Å². The lowest BCUT2D eigenvalue weighted by Crippen LogP contribution is -2.54. The third kappa shape index (κ3) is 4.74. The molecule has 2 heterocycles. The van der Waals surface area contributed by atoms with Gasteiger partial charge in [0.1, 0.15) is 0 Å². The molecule has 2 aromatic carbocycles. The summed E-state index contributed by atoms with van der Waals surface area (Å²) in [5, 5.41) is 44.0. The highest BCUT2D eigenvalue weighted by Crippen LogP contribution is 2.55. The SMILES string of the molecule is C=C(C)CC1NC2CC(C)(C)C1c1ccccc12.O=[N+]([O-])c1cc([N+](=O)[O-])c(O)c([N+](=O)[O-])c1. The zero-order valence-electron chi connectivity index (χ0n) is 19.1. The van der Waals surface area contributed by atoms with Crippen molar-refractivity contribution in [3.63, 3.8) is 0 Å². The maximum atomic E-state index is 10.4. The van der Waals surface area contributed by atoms with Gasteiger partial charge in [0.15, 0.2) is 0 Å². The molecule has 0 radical (unpaired) electrons.